The highest BCUT2D eigenvalue weighted by atomic mass is 16.5. The fourth-order valence-corrected chi connectivity index (χ4v) is 1.16. The molecule has 18 heavy (non-hydrogen) atoms. The zero-order valence-corrected chi connectivity index (χ0v) is 10.2. The van der Waals surface area contributed by atoms with Crippen LogP contribution in [-0.2, 0) is 9.59 Å². The van der Waals surface area contributed by atoms with E-state index in [0.717, 1.165) is 0 Å². The minimum atomic E-state index is -0.559. The number of carbonyl (C=O) groups is 2. The van der Waals surface area contributed by atoms with E-state index < -0.39 is 11.9 Å². The highest BCUT2D eigenvalue weighted by Crippen LogP contribution is 2.15. The third-order valence-electron chi connectivity index (χ3n) is 2.15. The molecule has 0 saturated carbocycles. The third-order valence-corrected chi connectivity index (χ3v) is 2.15. The molecule has 6 nitrogen and oxygen atoms in total. The molecule has 0 aliphatic carbocycles. The second-order valence-corrected chi connectivity index (χ2v) is 3.87. The molecule has 0 radical (unpaired) electrons. The van der Waals surface area contributed by atoms with E-state index in [4.69, 9.17) is 16.2 Å². The van der Waals surface area contributed by atoms with Crippen LogP contribution in [0.1, 0.15) is 13.3 Å². The number of nitrogens with one attached hydrogen (secondary N) is 1. The molecule has 1 aromatic rings. The van der Waals surface area contributed by atoms with Crippen LogP contribution in [0.3, 0.4) is 0 Å². The molecule has 0 bridgehead atoms. The molecule has 6 heteroatoms. The Kier molecular flexibility index (Phi) is 5.13. The second kappa shape index (κ2) is 6.61. The van der Waals surface area contributed by atoms with Crippen molar-refractivity contribution in [1.82, 2.24) is 0 Å². The van der Waals surface area contributed by atoms with E-state index in [-0.39, 0.29) is 18.9 Å². The van der Waals surface area contributed by atoms with Gasteiger partial charge in [-0.15, -0.1) is 0 Å². The summed E-state index contributed by atoms with van der Waals surface area (Å²) in [5.41, 5.74) is 11.1. The first-order valence-corrected chi connectivity index (χ1v) is 5.56. The standard InChI is InChI=1S/C12H17N3O3/c1-8(13)12(17)15-9-2-4-10(5-3-9)18-7-6-11(14)16/h2-5,8H,6-7,13H2,1H3,(H2,14,16)(H,15,17)/t8-/m0/s1. The van der Waals surface area contributed by atoms with Gasteiger partial charge >= 0.3 is 0 Å². The highest BCUT2D eigenvalue weighted by molar-refractivity contribution is 5.94. The molecular weight excluding hydrogens is 234 g/mol. The summed E-state index contributed by atoms with van der Waals surface area (Å²) >= 11 is 0. The van der Waals surface area contributed by atoms with Crippen LogP contribution < -0.4 is 21.5 Å². The van der Waals surface area contributed by atoms with Crippen molar-refractivity contribution in [3.8, 4) is 5.75 Å². The summed E-state index contributed by atoms with van der Waals surface area (Å²) in [4.78, 5) is 21.8. The van der Waals surface area contributed by atoms with Gasteiger partial charge in [-0.3, -0.25) is 9.59 Å². The number of carbonyl (C=O) groups excluding carboxylic acids is 2. The number of hydrogen-bond donors (Lipinski definition) is 3. The van der Waals surface area contributed by atoms with Crippen molar-refractivity contribution in [3.05, 3.63) is 24.3 Å². The third kappa shape index (κ3) is 4.84. The van der Waals surface area contributed by atoms with Gasteiger partial charge in [0.2, 0.25) is 11.8 Å². The topological polar surface area (TPSA) is 107 Å². The lowest BCUT2D eigenvalue weighted by Crippen LogP contribution is -2.32. The average Bonchev–Trinajstić information content (AvgIpc) is 2.30. The summed E-state index contributed by atoms with van der Waals surface area (Å²) in [7, 11) is 0. The molecule has 0 unspecified atom stereocenters. The van der Waals surface area contributed by atoms with Gasteiger partial charge in [0, 0.05) is 5.69 Å². The minimum absolute atomic E-state index is 0.170. The largest absolute Gasteiger partial charge is 0.493 e. The van der Waals surface area contributed by atoms with E-state index in [1.807, 2.05) is 0 Å². The molecule has 0 aromatic heterocycles. The Morgan fingerprint density at radius 1 is 1.33 bits per heavy atom. The van der Waals surface area contributed by atoms with Gasteiger partial charge in [0.15, 0.2) is 0 Å². The predicted molar refractivity (Wildman–Crippen MR) is 68.0 cm³/mol. The van der Waals surface area contributed by atoms with Crippen molar-refractivity contribution in [2.45, 2.75) is 19.4 Å². The Labute approximate surface area is 105 Å². The maximum atomic E-state index is 11.3. The Morgan fingerprint density at radius 3 is 2.44 bits per heavy atom. The van der Waals surface area contributed by atoms with Crippen molar-refractivity contribution in [2.75, 3.05) is 11.9 Å². The molecule has 98 valence electrons. The van der Waals surface area contributed by atoms with E-state index in [1.165, 1.54) is 0 Å². The Morgan fingerprint density at radius 2 is 1.94 bits per heavy atom. The van der Waals surface area contributed by atoms with Crippen LogP contribution in [0.25, 0.3) is 0 Å². The van der Waals surface area contributed by atoms with Gasteiger partial charge in [0.25, 0.3) is 0 Å². The average molecular weight is 251 g/mol. The number of rotatable bonds is 6. The highest BCUT2D eigenvalue weighted by Gasteiger charge is 2.07. The lowest BCUT2D eigenvalue weighted by molar-refractivity contribution is -0.118. The number of primary amides is 1. The molecule has 2 amide bonds. The zero-order chi connectivity index (χ0) is 13.5. The maximum Gasteiger partial charge on any atom is 0.240 e. The number of nitrogens with two attached hydrogens (primary N) is 2. The van der Waals surface area contributed by atoms with E-state index in [0.29, 0.717) is 11.4 Å². The normalized spacial score (nSPS) is 11.7. The fraction of sp³-hybridized carbons (Fsp3) is 0.333. The Hall–Kier alpha value is -2.08. The molecule has 0 aliphatic rings. The molecule has 0 fully saturated rings. The van der Waals surface area contributed by atoms with E-state index in [2.05, 4.69) is 5.32 Å². The van der Waals surface area contributed by atoms with Gasteiger partial charge < -0.3 is 21.5 Å². The molecule has 1 rings (SSSR count). The lowest BCUT2D eigenvalue weighted by atomic mass is 10.2. The number of anilines is 1. The predicted octanol–water partition coefficient (Wildman–Crippen LogP) is 0.227. The van der Waals surface area contributed by atoms with Gasteiger partial charge in [0.1, 0.15) is 5.75 Å². The first-order chi connectivity index (χ1) is 8.49. The van der Waals surface area contributed by atoms with Crippen LogP contribution in [0.4, 0.5) is 5.69 Å². The summed E-state index contributed by atoms with van der Waals surface area (Å²) in [6.45, 7) is 1.84. The number of amides is 2. The van der Waals surface area contributed by atoms with Gasteiger partial charge in [0.05, 0.1) is 19.1 Å². The van der Waals surface area contributed by atoms with E-state index in [9.17, 15) is 9.59 Å². The summed E-state index contributed by atoms with van der Waals surface area (Å²) in [5.74, 6) is -0.0525. The number of hydrogen-bond acceptors (Lipinski definition) is 4. The van der Waals surface area contributed by atoms with Crippen molar-refractivity contribution < 1.29 is 14.3 Å². The van der Waals surface area contributed by atoms with Crippen molar-refractivity contribution in [2.24, 2.45) is 11.5 Å². The maximum absolute atomic E-state index is 11.3. The molecule has 0 heterocycles. The zero-order valence-electron chi connectivity index (χ0n) is 10.2. The van der Waals surface area contributed by atoms with E-state index in [1.54, 1.807) is 31.2 Å². The molecule has 0 spiro atoms. The van der Waals surface area contributed by atoms with E-state index >= 15 is 0 Å². The SMILES string of the molecule is C[C@H](N)C(=O)Nc1ccc(OCCC(N)=O)cc1. The smallest absolute Gasteiger partial charge is 0.240 e. The van der Waals surface area contributed by atoms with Crippen LogP contribution in [-0.4, -0.2) is 24.5 Å². The second-order valence-electron chi connectivity index (χ2n) is 3.87. The number of benzene rings is 1. The summed E-state index contributed by atoms with van der Waals surface area (Å²) in [6.07, 6.45) is 0.170. The summed E-state index contributed by atoms with van der Waals surface area (Å²) in [6, 6.07) is 6.21. The molecular formula is C12H17N3O3. The monoisotopic (exact) mass is 251 g/mol. The number of ether oxygens (including phenoxy) is 1. The van der Waals surface area contributed by atoms with Gasteiger partial charge in [-0.1, -0.05) is 0 Å². The van der Waals surface area contributed by atoms with Crippen LogP contribution in [0.2, 0.25) is 0 Å². The van der Waals surface area contributed by atoms with Gasteiger partial charge in [-0.05, 0) is 31.2 Å². The van der Waals surface area contributed by atoms with Crippen molar-refractivity contribution in [1.29, 1.82) is 0 Å². The first kappa shape index (κ1) is 14.0. The van der Waals surface area contributed by atoms with Crippen LogP contribution >= 0.6 is 0 Å². The molecule has 0 aliphatic heterocycles. The first-order valence-electron chi connectivity index (χ1n) is 5.56. The molecule has 5 N–H and O–H groups in total. The van der Waals surface area contributed by atoms with Gasteiger partial charge in [-0.2, -0.15) is 0 Å². The fourth-order valence-electron chi connectivity index (χ4n) is 1.16. The molecule has 1 aromatic carbocycles. The Balaban J connectivity index is 2.47. The Bertz CT molecular complexity index is 415. The van der Waals surface area contributed by atoms with Crippen LogP contribution in [0, 0.1) is 0 Å². The molecule has 1 atom stereocenters. The van der Waals surface area contributed by atoms with Crippen molar-refractivity contribution in [3.63, 3.8) is 0 Å². The quantitative estimate of drug-likeness (QED) is 0.672. The summed E-state index contributed by atoms with van der Waals surface area (Å²) in [5, 5.41) is 2.65. The van der Waals surface area contributed by atoms with Gasteiger partial charge in [-0.25, -0.2) is 0 Å². The van der Waals surface area contributed by atoms with Crippen molar-refractivity contribution >= 4 is 17.5 Å². The van der Waals surface area contributed by atoms with Crippen LogP contribution in [0.5, 0.6) is 5.75 Å². The molecule has 0 saturated heterocycles. The lowest BCUT2D eigenvalue weighted by Gasteiger charge is -2.09. The summed E-state index contributed by atoms with van der Waals surface area (Å²) < 4.78 is 5.29. The minimum Gasteiger partial charge on any atom is -0.493 e. The van der Waals surface area contributed by atoms with Crippen LogP contribution in [0.15, 0.2) is 24.3 Å².